The second kappa shape index (κ2) is 6.00. The molecule has 1 aromatic carbocycles. The molecule has 0 aliphatic heterocycles. The van der Waals surface area contributed by atoms with Crippen molar-refractivity contribution in [2.75, 3.05) is 0 Å². The third kappa shape index (κ3) is 2.96. The molecule has 5 nitrogen and oxygen atoms in total. The summed E-state index contributed by atoms with van der Waals surface area (Å²) in [5, 5.41) is 2.54. The van der Waals surface area contributed by atoms with Gasteiger partial charge in [0.25, 0.3) is 11.5 Å². The number of amides is 1. The fourth-order valence-electron chi connectivity index (χ4n) is 2.25. The van der Waals surface area contributed by atoms with Crippen molar-refractivity contribution in [3.8, 4) is 0 Å². The maximum absolute atomic E-state index is 13.5. The minimum Gasteiger partial charge on any atom is -0.348 e. The molecular formula is C17H14FN3O2. The average Bonchev–Trinajstić information content (AvgIpc) is 2.55. The second-order valence-electron chi connectivity index (χ2n) is 5.19. The Hall–Kier alpha value is -3.02. The third-order valence-corrected chi connectivity index (χ3v) is 3.49. The first kappa shape index (κ1) is 14.9. The number of halogens is 1. The standard InChI is InChI=1S/C17H14FN3O2/c1-11-6-7-15-19-9-13(17(23)21(15)10-11)16(22)20-8-12-4-2-3-5-14(12)18/h2-7,9-10H,8H2,1H3,(H,20,22). The second-order valence-corrected chi connectivity index (χ2v) is 5.19. The maximum Gasteiger partial charge on any atom is 0.270 e. The lowest BCUT2D eigenvalue weighted by atomic mass is 10.2. The van der Waals surface area contributed by atoms with E-state index in [4.69, 9.17) is 0 Å². The monoisotopic (exact) mass is 311 g/mol. The van der Waals surface area contributed by atoms with Crippen molar-refractivity contribution in [3.05, 3.63) is 81.7 Å². The van der Waals surface area contributed by atoms with E-state index >= 15 is 0 Å². The smallest absolute Gasteiger partial charge is 0.270 e. The van der Waals surface area contributed by atoms with E-state index in [9.17, 15) is 14.0 Å². The number of pyridine rings is 1. The molecule has 0 spiro atoms. The van der Waals surface area contributed by atoms with Crippen LogP contribution in [0.25, 0.3) is 5.65 Å². The largest absolute Gasteiger partial charge is 0.348 e. The lowest BCUT2D eigenvalue weighted by Crippen LogP contribution is -2.31. The van der Waals surface area contributed by atoms with Gasteiger partial charge in [-0.3, -0.25) is 14.0 Å². The number of aryl methyl sites for hydroxylation is 1. The van der Waals surface area contributed by atoms with Gasteiger partial charge in [-0.15, -0.1) is 0 Å². The molecule has 1 N–H and O–H groups in total. The van der Waals surface area contributed by atoms with Crippen LogP contribution in [0.5, 0.6) is 0 Å². The molecule has 6 heteroatoms. The zero-order valence-corrected chi connectivity index (χ0v) is 12.4. The Kier molecular flexibility index (Phi) is 3.89. The first-order valence-electron chi connectivity index (χ1n) is 7.06. The van der Waals surface area contributed by atoms with Gasteiger partial charge in [0.15, 0.2) is 0 Å². The van der Waals surface area contributed by atoms with Crippen molar-refractivity contribution >= 4 is 11.6 Å². The number of benzene rings is 1. The summed E-state index contributed by atoms with van der Waals surface area (Å²) in [6.07, 6.45) is 2.86. The summed E-state index contributed by atoms with van der Waals surface area (Å²) < 4.78 is 14.9. The summed E-state index contributed by atoms with van der Waals surface area (Å²) in [5.41, 5.74) is 1.16. The van der Waals surface area contributed by atoms with Gasteiger partial charge in [-0.25, -0.2) is 9.37 Å². The van der Waals surface area contributed by atoms with Gasteiger partial charge in [-0.05, 0) is 24.6 Å². The van der Waals surface area contributed by atoms with E-state index in [-0.39, 0.29) is 12.1 Å². The van der Waals surface area contributed by atoms with Gasteiger partial charge in [0, 0.05) is 24.5 Å². The van der Waals surface area contributed by atoms with Crippen molar-refractivity contribution in [2.24, 2.45) is 0 Å². The highest BCUT2D eigenvalue weighted by molar-refractivity contribution is 5.93. The summed E-state index contributed by atoms with van der Waals surface area (Å²) in [7, 11) is 0. The molecule has 23 heavy (non-hydrogen) atoms. The van der Waals surface area contributed by atoms with Crippen molar-refractivity contribution in [1.29, 1.82) is 0 Å². The average molecular weight is 311 g/mol. The predicted molar refractivity (Wildman–Crippen MR) is 83.8 cm³/mol. The van der Waals surface area contributed by atoms with Crippen LogP contribution in [0.2, 0.25) is 0 Å². The Morgan fingerprint density at radius 1 is 1.26 bits per heavy atom. The van der Waals surface area contributed by atoms with Crippen molar-refractivity contribution in [3.63, 3.8) is 0 Å². The minimum atomic E-state index is -0.582. The van der Waals surface area contributed by atoms with Crippen LogP contribution >= 0.6 is 0 Å². The molecule has 0 bridgehead atoms. The van der Waals surface area contributed by atoms with Crippen LogP contribution in [0.1, 0.15) is 21.5 Å². The van der Waals surface area contributed by atoms with Gasteiger partial charge in [-0.2, -0.15) is 0 Å². The quantitative estimate of drug-likeness (QED) is 0.805. The van der Waals surface area contributed by atoms with Crippen LogP contribution in [0, 0.1) is 12.7 Å². The molecule has 2 heterocycles. The Morgan fingerprint density at radius 3 is 2.83 bits per heavy atom. The maximum atomic E-state index is 13.5. The number of nitrogens with zero attached hydrogens (tertiary/aromatic N) is 2. The van der Waals surface area contributed by atoms with Crippen LogP contribution < -0.4 is 10.9 Å². The molecule has 0 aliphatic carbocycles. The Balaban J connectivity index is 1.88. The molecule has 0 saturated heterocycles. The molecule has 0 fully saturated rings. The van der Waals surface area contributed by atoms with E-state index < -0.39 is 17.3 Å². The van der Waals surface area contributed by atoms with E-state index in [1.54, 1.807) is 30.5 Å². The predicted octanol–water partition coefficient (Wildman–Crippen LogP) is 2.07. The molecule has 0 saturated carbocycles. The number of aromatic nitrogens is 2. The first-order valence-corrected chi connectivity index (χ1v) is 7.06. The lowest BCUT2D eigenvalue weighted by Gasteiger charge is -2.07. The summed E-state index contributed by atoms with van der Waals surface area (Å²) in [4.78, 5) is 28.7. The topological polar surface area (TPSA) is 63.5 Å². The lowest BCUT2D eigenvalue weighted by molar-refractivity contribution is 0.0948. The van der Waals surface area contributed by atoms with Crippen LogP contribution in [0.15, 0.2) is 53.6 Å². The fraction of sp³-hybridized carbons (Fsp3) is 0.118. The molecule has 0 aliphatic rings. The molecule has 116 valence electrons. The van der Waals surface area contributed by atoms with Gasteiger partial charge in [-0.1, -0.05) is 24.3 Å². The van der Waals surface area contributed by atoms with E-state index in [2.05, 4.69) is 10.3 Å². The highest BCUT2D eigenvalue weighted by atomic mass is 19.1. The molecular weight excluding hydrogens is 297 g/mol. The summed E-state index contributed by atoms with van der Waals surface area (Å²) >= 11 is 0. The molecule has 3 aromatic rings. The summed E-state index contributed by atoms with van der Waals surface area (Å²) in [5.74, 6) is -0.988. The number of hydrogen-bond acceptors (Lipinski definition) is 3. The van der Waals surface area contributed by atoms with E-state index in [1.807, 2.05) is 13.0 Å². The van der Waals surface area contributed by atoms with Crippen LogP contribution in [0.4, 0.5) is 4.39 Å². The third-order valence-electron chi connectivity index (χ3n) is 3.49. The van der Waals surface area contributed by atoms with Gasteiger partial charge < -0.3 is 5.32 Å². The van der Waals surface area contributed by atoms with Gasteiger partial charge in [0.05, 0.1) is 0 Å². The van der Waals surface area contributed by atoms with Crippen molar-refractivity contribution < 1.29 is 9.18 Å². The molecule has 2 aromatic heterocycles. The highest BCUT2D eigenvalue weighted by Gasteiger charge is 2.13. The zero-order chi connectivity index (χ0) is 16.4. The van der Waals surface area contributed by atoms with Crippen LogP contribution in [-0.4, -0.2) is 15.3 Å². The number of nitrogens with one attached hydrogen (secondary N) is 1. The molecule has 0 unspecified atom stereocenters. The van der Waals surface area contributed by atoms with Crippen molar-refractivity contribution in [1.82, 2.24) is 14.7 Å². The number of rotatable bonds is 3. The number of carbonyl (C=O) groups is 1. The van der Waals surface area contributed by atoms with Crippen LogP contribution in [-0.2, 0) is 6.54 Å². The molecule has 0 radical (unpaired) electrons. The molecule has 1 amide bonds. The zero-order valence-electron chi connectivity index (χ0n) is 12.4. The van der Waals surface area contributed by atoms with Gasteiger partial charge >= 0.3 is 0 Å². The molecule has 0 atom stereocenters. The normalized spacial score (nSPS) is 10.7. The van der Waals surface area contributed by atoms with E-state index in [1.165, 1.54) is 16.7 Å². The minimum absolute atomic E-state index is 0.00146. The SMILES string of the molecule is Cc1ccc2ncc(C(=O)NCc3ccccc3F)c(=O)n2c1. The van der Waals surface area contributed by atoms with Gasteiger partial charge in [0.1, 0.15) is 17.0 Å². The first-order chi connectivity index (χ1) is 11.1. The summed E-state index contributed by atoms with van der Waals surface area (Å²) in [6.45, 7) is 1.85. The Bertz CT molecular complexity index is 950. The Morgan fingerprint density at radius 2 is 2.04 bits per heavy atom. The van der Waals surface area contributed by atoms with Crippen LogP contribution in [0.3, 0.4) is 0 Å². The number of carbonyl (C=O) groups excluding carboxylic acids is 1. The van der Waals surface area contributed by atoms with Gasteiger partial charge in [0.2, 0.25) is 0 Å². The molecule has 3 rings (SSSR count). The summed E-state index contributed by atoms with van der Waals surface area (Å²) in [6, 6.07) is 9.68. The highest BCUT2D eigenvalue weighted by Crippen LogP contribution is 2.06. The Labute approximate surface area is 131 Å². The van der Waals surface area contributed by atoms with E-state index in [0.717, 1.165) is 5.56 Å². The van der Waals surface area contributed by atoms with E-state index in [0.29, 0.717) is 11.2 Å². The van der Waals surface area contributed by atoms with Crippen molar-refractivity contribution in [2.45, 2.75) is 13.5 Å². The fourth-order valence-corrected chi connectivity index (χ4v) is 2.25. The number of fused-ring (bicyclic) bond motifs is 1. The number of hydrogen-bond donors (Lipinski definition) is 1.